The molecule has 0 aromatic rings. The third-order valence-corrected chi connectivity index (χ3v) is 10.2. The number of aliphatic hydroxyl groups is 1. The molecular formula is C30H51N3O. The number of nitrogens with zero attached hydrogens (tertiary/aromatic N) is 1. The number of allylic oxidation sites excluding steroid dienone is 4. The second kappa shape index (κ2) is 12.0. The van der Waals surface area contributed by atoms with Crippen LogP contribution in [-0.4, -0.2) is 54.9 Å². The van der Waals surface area contributed by atoms with Crippen LogP contribution in [0.1, 0.15) is 77.0 Å². The number of hydrogen-bond acceptors (Lipinski definition) is 4. The van der Waals surface area contributed by atoms with Crippen molar-refractivity contribution in [1.29, 1.82) is 0 Å². The monoisotopic (exact) mass is 469 g/mol. The molecule has 4 nitrogen and oxygen atoms in total. The number of piperidine rings is 1. The van der Waals surface area contributed by atoms with Crippen molar-refractivity contribution in [3.05, 3.63) is 24.3 Å². The van der Waals surface area contributed by atoms with E-state index in [-0.39, 0.29) is 6.10 Å². The van der Waals surface area contributed by atoms with Gasteiger partial charge in [0.15, 0.2) is 0 Å². The molecular weight excluding hydrogens is 418 g/mol. The molecule has 3 fully saturated rings. The second-order valence-corrected chi connectivity index (χ2v) is 12.7. The van der Waals surface area contributed by atoms with Crippen molar-refractivity contribution in [3.8, 4) is 0 Å². The Bertz CT molecular complexity index is 645. The van der Waals surface area contributed by atoms with Crippen LogP contribution in [0.25, 0.3) is 0 Å². The van der Waals surface area contributed by atoms with Gasteiger partial charge in [-0.2, -0.15) is 0 Å². The summed E-state index contributed by atoms with van der Waals surface area (Å²) in [5.74, 6) is 6.39. The predicted molar refractivity (Wildman–Crippen MR) is 141 cm³/mol. The van der Waals surface area contributed by atoms with Crippen LogP contribution in [-0.2, 0) is 0 Å². The van der Waals surface area contributed by atoms with Gasteiger partial charge in [-0.3, -0.25) is 0 Å². The molecule has 1 aliphatic heterocycles. The normalized spacial score (nSPS) is 36.6. The summed E-state index contributed by atoms with van der Waals surface area (Å²) in [6.07, 6.45) is 26.5. The molecule has 0 radical (unpaired) electrons. The van der Waals surface area contributed by atoms with Crippen molar-refractivity contribution in [3.63, 3.8) is 0 Å². The van der Waals surface area contributed by atoms with Gasteiger partial charge in [-0.25, -0.2) is 0 Å². The highest BCUT2D eigenvalue weighted by Gasteiger charge is 2.36. The van der Waals surface area contributed by atoms with Crippen molar-refractivity contribution >= 4 is 0 Å². The fourth-order valence-electron chi connectivity index (χ4n) is 8.13. The number of rotatable bonds is 14. The summed E-state index contributed by atoms with van der Waals surface area (Å²) in [5.41, 5.74) is 5.60. The molecule has 0 aromatic carbocycles. The van der Waals surface area contributed by atoms with E-state index in [2.05, 4.69) is 34.5 Å². The lowest BCUT2D eigenvalue weighted by molar-refractivity contribution is 0.0932. The van der Waals surface area contributed by atoms with Gasteiger partial charge in [0.2, 0.25) is 0 Å². The minimum absolute atomic E-state index is 0.366. The Kier molecular flexibility index (Phi) is 8.85. The molecule has 0 aromatic heterocycles. The zero-order valence-electron chi connectivity index (χ0n) is 21.5. The van der Waals surface area contributed by atoms with Crippen LogP contribution in [0.5, 0.6) is 0 Å². The third-order valence-electron chi connectivity index (χ3n) is 10.2. The number of aliphatic hydroxyl groups excluding tert-OH is 1. The average molecular weight is 470 g/mol. The van der Waals surface area contributed by atoms with Gasteiger partial charge in [0.1, 0.15) is 0 Å². The number of β-amino-alcohol motifs (C(OH)–C–C–N with tert-alkyl or cyclic N) is 1. The summed E-state index contributed by atoms with van der Waals surface area (Å²) < 4.78 is 0. The molecule has 5 aliphatic rings. The first-order valence-corrected chi connectivity index (χ1v) is 14.9. The smallest absolute Gasteiger partial charge is 0.0789 e. The van der Waals surface area contributed by atoms with Gasteiger partial charge < -0.3 is 21.1 Å². The van der Waals surface area contributed by atoms with E-state index in [1.807, 2.05) is 0 Å². The molecule has 192 valence electrons. The largest absolute Gasteiger partial charge is 0.390 e. The Balaban J connectivity index is 1.03. The van der Waals surface area contributed by atoms with Crippen LogP contribution >= 0.6 is 0 Å². The lowest BCUT2D eigenvalue weighted by Gasteiger charge is -2.34. The van der Waals surface area contributed by atoms with E-state index >= 15 is 0 Å². The molecule has 34 heavy (non-hydrogen) atoms. The number of nitrogens with two attached hydrogens (primary N) is 1. The highest BCUT2D eigenvalue weighted by atomic mass is 16.3. The summed E-state index contributed by atoms with van der Waals surface area (Å²) in [6.45, 7) is 4.54. The summed E-state index contributed by atoms with van der Waals surface area (Å²) >= 11 is 0. The van der Waals surface area contributed by atoms with E-state index in [0.717, 1.165) is 61.1 Å². The van der Waals surface area contributed by atoms with Crippen molar-refractivity contribution in [2.24, 2.45) is 47.2 Å². The average Bonchev–Trinajstić information content (AvgIpc) is 3.65. The molecule has 1 saturated heterocycles. The van der Waals surface area contributed by atoms with Gasteiger partial charge in [-0.1, -0.05) is 37.1 Å². The topological polar surface area (TPSA) is 61.5 Å². The predicted octanol–water partition coefficient (Wildman–Crippen LogP) is 4.74. The molecule has 4 aliphatic carbocycles. The number of fused-ring (bicyclic) bond motifs is 4. The summed E-state index contributed by atoms with van der Waals surface area (Å²) in [7, 11) is 0. The Labute approximate surface area is 208 Å². The van der Waals surface area contributed by atoms with Gasteiger partial charge in [0.25, 0.3) is 0 Å². The molecule has 4 bridgehead atoms. The Morgan fingerprint density at radius 2 is 1.44 bits per heavy atom. The lowest BCUT2D eigenvalue weighted by Crippen LogP contribution is -2.43. The summed E-state index contributed by atoms with van der Waals surface area (Å²) in [5, 5.41) is 13.9. The fourth-order valence-corrected chi connectivity index (χ4v) is 8.13. The summed E-state index contributed by atoms with van der Waals surface area (Å²) in [6, 6.07) is 0.709. The molecule has 0 amide bonds. The van der Waals surface area contributed by atoms with Crippen LogP contribution in [0, 0.1) is 41.4 Å². The van der Waals surface area contributed by atoms with Gasteiger partial charge in [-0.05, 0) is 125 Å². The zero-order chi connectivity index (χ0) is 23.3. The first kappa shape index (κ1) is 25.0. The van der Waals surface area contributed by atoms with Crippen LogP contribution in [0.3, 0.4) is 0 Å². The second-order valence-electron chi connectivity index (χ2n) is 12.7. The van der Waals surface area contributed by atoms with Gasteiger partial charge in [-0.15, -0.1) is 0 Å². The first-order valence-electron chi connectivity index (χ1n) is 14.9. The Hall–Kier alpha value is -0.680. The fraction of sp³-hybridized carbons (Fsp3) is 0.867. The molecule has 0 spiro atoms. The first-order chi connectivity index (χ1) is 16.7. The Morgan fingerprint density at radius 1 is 0.853 bits per heavy atom. The Morgan fingerprint density at radius 3 is 1.91 bits per heavy atom. The molecule has 1 heterocycles. The number of hydrogen-bond donors (Lipinski definition) is 3. The van der Waals surface area contributed by atoms with Crippen molar-refractivity contribution in [2.45, 2.75) is 89.2 Å². The van der Waals surface area contributed by atoms with E-state index in [1.165, 1.54) is 83.6 Å². The van der Waals surface area contributed by atoms with E-state index in [4.69, 9.17) is 5.73 Å². The molecule has 5 rings (SSSR count). The lowest BCUT2D eigenvalue weighted by atomic mass is 9.86. The highest BCUT2D eigenvalue weighted by molar-refractivity contribution is 5.10. The molecule has 4 heteroatoms. The van der Waals surface area contributed by atoms with Crippen molar-refractivity contribution in [2.75, 3.05) is 32.7 Å². The van der Waals surface area contributed by atoms with Crippen LogP contribution in [0.15, 0.2) is 24.3 Å². The van der Waals surface area contributed by atoms with E-state index in [1.54, 1.807) is 0 Å². The van der Waals surface area contributed by atoms with Gasteiger partial charge >= 0.3 is 0 Å². The minimum atomic E-state index is -0.366. The van der Waals surface area contributed by atoms with Crippen LogP contribution in [0.4, 0.5) is 0 Å². The van der Waals surface area contributed by atoms with E-state index in [0.29, 0.717) is 12.6 Å². The maximum atomic E-state index is 9.86. The molecule has 7 unspecified atom stereocenters. The van der Waals surface area contributed by atoms with Crippen molar-refractivity contribution < 1.29 is 5.11 Å². The maximum Gasteiger partial charge on any atom is 0.0789 e. The molecule has 2 saturated carbocycles. The zero-order valence-corrected chi connectivity index (χ0v) is 21.5. The van der Waals surface area contributed by atoms with Gasteiger partial charge in [0.05, 0.1) is 6.10 Å². The molecule has 7 atom stereocenters. The standard InChI is InChI=1S/C30H51N3O/c31-19-30(34)21-33-13-11-22(12-14-33)20-32-29(5-1-3-25-15-23-7-9-27(25)17-23)6-2-4-26-16-24-8-10-28(26)18-24/h7-10,22-30,32,34H,1-6,11-21,31H2. The van der Waals surface area contributed by atoms with Crippen LogP contribution < -0.4 is 11.1 Å². The molecule has 4 N–H and O–H groups in total. The number of nitrogens with one attached hydrogen (secondary N) is 1. The SMILES string of the molecule is NCC(O)CN1CCC(CNC(CCCC2CC3C=CC2C3)CCCC2CC3C=CC2C3)CC1. The maximum absolute atomic E-state index is 9.86. The van der Waals surface area contributed by atoms with Crippen molar-refractivity contribution in [1.82, 2.24) is 10.2 Å². The summed E-state index contributed by atoms with van der Waals surface area (Å²) in [4.78, 5) is 2.40. The highest BCUT2D eigenvalue weighted by Crippen LogP contribution is 2.46. The minimum Gasteiger partial charge on any atom is -0.390 e. The number of likely N-dealkylation sites (tertiary alicyclic amines) is 1. The van der Waals surface area contributed by atoms with Crippen LogP contribution in [0.2, 0.25) is 0 Å². The quantitative estimate of drug-likeness (QED) is 0.322. The third kappa shape index (κ3) is 6.55. The van der Waals surface area contributed by atoms with E-state index < -0.39 is 0 Å². The van der Waals surface area contributed by atoms with E-state index in [9.17, 15) is 5.11 Å². The van der Waals surface area contributed by atoms with Gasteiger partial charge in [0, 0.05) is 19.1 Å².